The molecular weight excluding hydrogens is 340 g/mol. The van der Waals surface area contributed by atoms with Crippen molar-refractivity contribution < 1.29 is 13.9 Å². The van der Waals surface area contributed by atoms with Crippen LogP contribution in [0.4, 0.5) is 0 Å². The maximum atomic E-state index is 6.34. The zero-order valence-corrected chi connectivity index (χ0v) is 15.0. The molecule has 3 heterocycles. The zero-order valence-electron chi connectivity index (χ0n) is 15.0. The van der Waals surface area contributed by atoms with Gasteiger partial charge in [0.1, 0.15) is 23.0 Å². The number of hydrogen-bond acceptors (Lipinski definition) is 5. The summed E-state index contributed by atoms with van der Waals surface area (Å²) in [6.45, 7) is 2.63. The summed E-state index contributed by atoms with van der Waals surface area (Å²) in [6, 6.07) is 20.2. The van der Waals surface area contributed by atoms with Crippen LogP contribution in [0.1, 0.15) is 42.5 Å². The minimum atomic E-state index is -0.284. The standard InChI is InChI=1S/C22H20N2O3/c1-2-25-16-11-9-15(10-12-16)22-24-19(17-6-3-4-7-20(17)27-22)14-18(23-24)21-8-5-13-26-21/h3-13,19,22H,2,14H2,1H3/t19-,22+/m1/s1. The van der Waals surface area contributed by atoms with E-state index >= 15 is 0 Å². The van der Waals surface area contributed by atoms with Crippen LogP contribution in [0.5, 0.6) is 11.5 Å². The maximum Gasteiger partial charge on any atom is 0.213 e. The molecule has 0 N–H and O–H groups in total. The van der Waals surface area contributed by atoms with Crippen molar-refractivity contribution in [3.05, 3.63) is 83.8 Å². The summed E-state index contributed by atoms with van der Waals surface area (Å²) in [5.41, 5.74) is 3.15. The van der Waals surface area contributed by atoms with Gasteiger partial charge in [0.2, 0.25) is 6.23 Å². The van der Waals surface area contributed by atoms with Crippen LogP contribution >= 0.6 is 0 Å². The fourth-order valence-electron chi connectivity index (χ4n) is 3.74. The molecule has 0 saturated carbocycles. The van der Waals surface area contributed by atoms with Crippen LogP contribution in [0.25, 0.3) is 0 Å². The fraction of sp³-hybridized carbons (Fsp3) is 0.227. The van der Waals surface area contributed by atoms with Gasteiger partial charge < -0.3 is 13.9 Å². The number of furan rings is 1. The maximum absolute atomic E-state index is 6.34. The molecule has 0 saturated heterocycles. The van der Waals surface area contributed by atoms with Crippen molar-refractivity contribution in [2.75, 3.05) is 6.61 Å². The molecule has 2 aliphatic heterocycles. The monoisotopic (exact) mass is 360 g/mol. The minimum absolute atomic E-state index is 0.131. The summed E-state index contributed by atoms with van der Waals surface area (Å²) >= 11 is 0. The van der Waals surface area contributed by atoms with E-state index in [0.717, 1.165) is 40.5 Å². The second-order valence-electron chi connectivity index (χ2n) is 6.63. The second-order valence-corrected chi connectivity index (χ2v) is 6.63. The Morgan fingerprint density at radius 2 is 1.93 bits per heavy atom. The number of benzene rings is 2. The number of rotatable bonds is 4. The van der Waals surface area contributed by atoms with Crippen molar-refractivity contribution in [2.45, 2.75) is 25.6 Å². The summed E-state index contributed by atoms with van der Waals surface area (Å²) in [5, 5.41) is 6.92. The van der Waals surface area contributed by atoms with E-state index in [4.69, 9.17) is 19.0 Å². The normalized spacial score (nSPS) is 20.5. The van der Waals surface area contributed by atoms with Crippen molar-refractivity contribution in [3.8, 4) is 11.5 Å². The Kier molecular flexibility index (Phi) is 3.85. The summed E-state index contributed by atoms with van der Waals surface area (Å²) in [7, 11) is 0. The van der Waals surface area contributed by atoms with Gasteiger partial charge in [-0.25, -0.2) is 5.01 Å². The largest absolute Gasteiger partial charge is 0.494 e. The van der Waals surface area contributed by atoms with E-state index < -0.39 is 0 Å². The number of fused-ring (bicyclic) bond motifs is 3. The molecule has 3 aromatic rings. The van der Waals surface area contributed by atoms with Crippen LogP contribution in [0.2, 0.25) is 0 Å². The Morgan fingerprint density at radius 3 is 2.70 bits per heavy atom. The molecule has 2 atom stereocenters. The molecule has 0 unspecified atom stereocenters. The van der Waals surface area contributed by atoms with Gasteiger partial charge in [0.15, 0.2) is 0 Å². The molecule has 0 bridgehead atoms. The molecule has 1 aromatic heterocycles. The number of ether oxygens (including phenoxy) is 2. The van der Waals surface area contributed by atoms with Gasteiger partial charge >= 0.3 is 0 Å². The topological polar surface area (TPSA) is 47.2 Å². The lowest BCUT2D eigenvalue weighted by Gasteiger charge is -2.38. The van der Waals surface area contributed by atoms with E-state index in [9.17, 15) is 0 Å². The highest BCUT2D eigenvalue weighted by Gasteiger charge is 2.41. The van der Waals surface area contributed by atoms with Gasteiger partial charge in [-0.15, -0.1) is 0 Å². The fourth-order valence-corrected chi connectivity index (χ4v) is 3.74. The van der Waals surface area contributed by atoms with Crippen LogP contribution in [0.15, 0.2) is 76.4 Å². The van der Waals surface area contributed by atoms with E-state index in [1.165, 1.54) is 0 Å². The Labute approximate surface area is 157 Å². The molecule has 136 valence electrons. The van der Waals surface area contributed by atoms with Crippen molar-refractivity contribution in [2.24, 2.45) is 5.10 Å². The van der Waals surface area contributed by atoms with Gasteiger partial charge in [-0.1, -0.05) is 18.2 Å². The van der Waals surface area contributed by atoms with Crippen molar-refractivity contribution in [1.29, 1.82) is 0 Å². The number of hydrazone groups is 1. The number of nitrogens with zero attached hydrogens (tertiary/aromatic N) is 2. The van der Waals surface area contributed by atoms with E-state index in [0.29, 0.717) is 6.61 Å². The smallest absolute Gasteiger partial charge is 0.213 e. The first-order valence-corrected chi connectivity index (χ1v) is 9.21. The van der Waals surface area contributed by atoms with Gasteiger partial charge in [0, 0.05) is 17.5 Å². The molecule has 2 aromatic carbocycles. The van der Waals surface area contributed by atoms with Gasteiger partial charge in [-0.3, -0.25) is 0 Å². The summed E-state index contributed by atoms with van der Waals surface area (Å²) in [5.74, 6) is 2.58. The average molecular weight is 360 g/mol. The molecule has 0 fully saturated rings. The van der Waals surface area contributed by atoms with Crippen molar-refractivity contribution in [1.82, 2.24) is 5.01 Å². The predicted molar refractivity (Wildman–Crippen MR) is 102 cm³/mol. The van der Waals surface area contributed by atoms with Gasteiger partial charge in [0.25, 0.3) is 0 Å². The molecule has 0 aliphatic carbocycles. The molecule has 5 nitrogen and oxygen atoms in total. The quantitative estimate of drug-likeness (QED) is 0.662. The Morgan fingerprint density at radius 1 is 1.07 bits per heavy atom. The van der Waals surface area contributed by atoms with Crippen LogP contribution in [0, 0.1) is 0 Å². The lowest BCUT2D eigenvalue weighted by atomic mass is 9.97. The minimum Gasteiger partial charge on any atom is -0.494 e. The molecule has 5 rings (SSSR count). The average Bonchev–Trinajstić information content (AvgIpc) is 3.38. The predicted octanol–water partition coefficient (Wildman–Crippen LogP) is 4.92. The summed E-state index contributed by atoms with van der Waals surface area (Å²) < 4.78 is 17.5. The number of para-hydroxylation sites is 1. The van der Waals surface area contributed by atoms with Gasteiger partial charge in [-0.2, -0.15) is 5.10 Å². The van der Waals surface area contributed by atoms with E-state index in [1.54, 1.807) is 6.26 Å². The molecule has 0 radical (unpaired) electrons. The number of hydrogen-bond donors (Lipinski definition) is 0. The lowest BCUT2D eigenvalue weighted by Crippen LogP contribution is -2.33. The van der Waals surface area contributed by atoms with E-state index in [-0.39, 0.29) is 12.3 Å². The first kappa shape index (κ1) is 16.0. The van der Waals surface area contributed by atoms with Gasteiger partial charge in [-0.05, 0) is 49.4 Å². The molecule has 0 amide bonds. The van der Waals surface area contributed by atoms with Crippen LogP contribution in [-0.2, 0) is 0 Å². The highest BCUT2D eigenvalue weighted by molar-refractivity contribution is 5.99. The van der Waals surface area contributed by atoms with Crippen LogP contribution in [-0.4, -0.2) is 17.3 Å². The van der Waals surface area contributed by atoms with Crippen molar-refractivity contribution in [3.63, 3.8) is 0 Å². The highest BCUT2D eigenvalue weighted by atomic mass is 16.5. The zero-order chi connectivity index (χ0) is 18.2. The highest BCUT2D eigenvalue weighted by Crippen LogP contribution is 2.47. The molecule has 5 heteroatoms. The van der Waals surface area contributed by atoms with E-state index in [1.807, 2.05) is 61.5 Å². The summed E-state index contributed by atoms with van der Waals surface area (Å²) in [4.78, 5) is 0. The van der Waals surface area contributed by atoms with Gasteiger partial charge in [0.05, 0.1) is 18.9 Å². The van der Waals surface area contributed by atoms with Crippen LogP contribution in [0.3, 0.4) is 0 Å². The first-order chi connectivity index (χ1) is 13.3. The molecule has 0 spiro atoms. The van der Waals surface area contributed by atoms with Crippen LogP contribution < -0.4 is 9.47 Å². The SMILES string of the molecule is CCOc1ccc([C@@H]2Oc3ccccc3[C@H]3CC(c4ccco4)=NN32)cc1. The molecule has 2 aliphatic rings. The third-order valence-electron chi connectivity index (χ3n) is 4.98. The third kappa shape index (κ3) is 2.76. The Bertz CT molecular complexity index is 963. The Balaban J connectivity index is 1.54. The third-order valence-corrected chi connectivity index (χ3v) is 4.98. The Hall–Kier alpha value is -3.21. The molecular formula is C22H20N2O3. The first-order valence-electron chi connectivity index (χ1n) is 9.21. The van der Waals surface area contributed by atoms with E-state index in [2.05, 4.69) is 11.1 Å². The molecule has 27 heavy (non-hydrogen) atoms. The second kappa shape index (κ2) is 6.50. The lowest BCUT2D eigenvalue weighted by molar-refractivity contribution is -0.0190. The van der Waals surface area contributed by atoms with Crippen molar-refractivity contribution >= 4 is 5.71 Å². The summed E-state index contributed by atoms with van der Waals surface area (Å²) in [6.07, 6.45) is 2.19.